The lowest BCUT2D eigenvalue weighted by atomic mass is 9.95. The Morgan fingerprint density at radius 3 is 2.74 bits per heavy atom. The number of hydrogen-bond donors (Lipinski definition) is 1. The van der Waals surface area contributed by atoms with Crippen LogP contribution >= 0.6 is 22.7 Å². The fraction of sp³-hybridized carbons (Fsp3) is 0.400. The first kappa shape index (κ1) is 12.9. The smallest absolute Gasteiger partial charge is 0.225 e. The maximum atomic E-state index is 12.3. The molecule has 2 nitrogen and oxygen atoms in total. The lowest BCUT2D eigenvalue weighted by molar-refractivity contribution is -0.122. The van der Waals surface area contributed by atoms with E-state index in [1.807, 2.05) is 16.8 Å². The monoisotopic (exact) mass is 291 g/mol. The maximum Gasteiger partial charge on any atom is 0.225 e. The van der Waals surface area contributed by atoms with E-state index >= 15 is 0 Å². The Morgan fingerprint density at radius 2 is 2.11 bits per heavy atom. The van der Waals surface area contributed by atoms with Crippen molar-refractivity contribution in [1.82, 2.24) is 5.32 Å². The second-order valence-corrected chi connectivity index (χ2v) is 6.85. The van der Waals surface area contributed by atoms with Crippen molar-refractivity contribution in [3.05, 3.63) is 44.8 Å². The van der Waals surface area contributed by atoms with Crippen LogP contribution in [0.25, 0.3) is 0 Å². The van der Waals surface area contributed by atoms with Crippen LogP contribution in [0.4, 0.5) is 0 Å². The summed E-state index contributed by atoms with van der Waals surface area (Å²) in [6.07, 6.45) is 5.05. The quantitative estimate of drug-likeness (QED) is 0.908. The molecule has 1 aliphatic rings. The Kier molecular flexibility index (Phi) is 3.71. The predicted octanol–water partition coefficient (Wildman–Crippen LogP) is 3.94. The number of rotatable bonds is 4. The number of carbonyl (C=O) groups excluding carboxylic acids is 1. The van der Waals surface area contributed by atoms with Crippen molar-refractivity contribution in [3.63, 3.8) is 0 Å². The first-order valence-corrected chi connectivity index (χ1v) is 8.47. The third-order valence-electron chi connectivity index (χ3n) is 3.77. The third-order valence-corrected chi connectivity index (χ3v) is 5.58. The standard InChI is InChI=1S/C15H17NOS2/c17-14(10-12-5-9-18-11-12)16-15(6-1-2-7-15)13-4-3-8-19-13/h3-5,8-9,11H,1-2,6-7,10H2,(H,16,17). The molecule has 4 heteroatoms. The summed E-state index contributed by atoms with van der Waals surface area (Å²) in [4.78, 5) is 13.6. The second kappa shape index (κ2) is 5.47. The van der Waals surface area contributed by atoms with E-state index in [4.69, 9.17) is 0 Å². The number of amides is 1. The van der Waals surface area contributed by atoms with E-state index in [-0.39, 0.29) is 11.4 Å². The normalized spacial score (nSPS) is 17.5. The van der Waals surface area contributed by atoms with Gasteiger partial charge in [-0.3, -0.25) is 4.79 Å². The van der Waals surface area contributed by atoms with Gasteiger partial charge in [-0.2, -0.15) is 11.3 Å². The van der Waals surface area contributed by atoms with E-state index in [1.54, 1.807) is 22.7 Å². The van der Waals surface area contributed by atoms with Crippen molar-refractivity contribution in [1.29, 1.82) is 0 Å². The fourth-order valence-electron chi connectivity index (χ4n) is 2.85. The third kappa shape index (κ3) is 2.74. The molecule has 3 rings (SSSR count). The van der Waals surface area contributed by atoms with E-state index in [2.05, 4.69) is 22.8 Å². The van der Waals surface area contributed by atoms with E-state index in [0.29, 0.717) is 6.42 Å². The lowest BCUT2D eigenvalue weighted by Gasteiger charge is -2.29. The molecule has 19 heavy (non-hydrogen) atoms. The molecule has 2 heterocycles. The van der Waals surface area contributed by atoms with Crippen LogP contribution in [0.2, 0.25) is 0 Å². The summed E-state index contributed by atoms with van der Waals surface area (Å²) in [6, 6.07) is 6.25. The molecule has 0 saturated heterocycles. The van der Waals surface area contributed by atoms with Crippen LogP contribution in [0.15, 0.2) is 34.3 Å². The summed E-state index contributed by atoms with van der Waals surface area (Å²) in [6.45, 7) is 0. The average Bonchev–Trinajstić information content (AvgIpc) is 3.11. The molecular formula is C15H17NOS2. The molecule has 0 atom stereocenters. The summed E-state index contributed by atoms with van der Waals surface area (Å²) >= 11 is 3.40. The largest absolute Gasteiger partial charge is 0.345 e. The number of thiophene rings is 2. The number of nitrogens with one attached hydrogen (secondary N) is 1. The van der Waals surface area contributed by atoms with Gasteiger partial charge in [-0.1, -0.05) is 18.9 Å². The van der Waals surface area contributed by atoms with Crippen LogP contribution in [0.1, 0.15) is 36.1 Å². The van der Waals surface area contributed by atoms with Gasteiger partial charge in [0.1, 0.15) is 0 Å². The molecule has 0 aromatic carbocycles. The molecule has 2 aromatic heterocycles. The fourth-order valence-corrected chi connectivity index (χ4v) is 4.46. The molecule has 1 amide bonds. The van der Waals surface area contributed by atoms with E-state index in [9.17, 15) is 4.79 Å². The summed E-state index contributed by atoms with van der Waals surface area (Å²) in [5.74, 6) is 0.147. The van der Waals surface area contributed by atoms with Crippen molar-refractivity contribution in [2.24, 2.45) is 0 Å². The number of hydrogen-bond acceptors (Lipinski definition) is 3. The molecule has 2 aromatic rings. The predicted molar refractivity (Wildman–Crippen MR) is 80.6 cm³/mol. The molecule has 1 N–H and O–H groups in total. The average molecular weight is 291 g/mol. The van der Waals surface area contributed by atoms with Crippen LogP contribution in [-0.4, -0.2) is 5.91 Å². The highest BCUT2D eigenvalue weighted by Crippen LogP contribution is 2.40. The van der Waals surface area contributed by atoms with Gasteiger partial charge in [-0.25, -0.2) is 0 Å². The second-order valence-electron chi connectivity index (χ2n) is 5.12. The van der Waals surface area contributed by atoms with Gasteiger partial charge in [0.2, 0.25) is 5.91 Å². The van der Waals surface area contributed by atoms with Gasteiger partial charge < -0.3 is 5.32 Å². The van der Waals surface area contributed by atoms with Crippen LogP contribution in [0.5, 0.6) is 0 Å². The lowest BCUT2D eigenvalue weighted by Crippen LogP contribution is -2.43. The van der Waals surface area contributed by atoms with E-state index < -0.39 is 0 Å². The highest BCUT2D eigenvalue weighted by molar-refractivity contribution is 7.10. The molecule has 0 unspecified atom stereocenters. The van der Waals surface area contributed by atoms with Crippen LogP contribution in [-0.2, 0) is 16.8 Å². The highest BCUT2D eigenvalue weighted by Gasteiger charge is 2.37. The Labute approximate surface area is 121 Å². The zero-order valence-electron chi connectivity index (χ0n) is 10.7. The summed E-state index contributed by atoms with van der Waals surface area (Å²) < 4.78 is 0. The summed E-state index contributed by atoms with van der Waals surface area (Å²) in [5.41, 5.74) is 1.02. The molecule has 1 aliphatic carbocycles. The first-order chi connectivity index (χ1) is 9.28. The molecule has 1 fully saturated rings. The molecule has 0 bridgehead atoms. The molecular weight excluding hydrogens is 274 g/mol. The van der Waals surface area contributed by atoms with Crippen molar-refractivity contribution in [3.8, 4) is 0 Å². The molecule has 0 radical (unpaired) electrons. The maximum absolute atomic E-state index is 12.3. The minimum Gasteiger partial charge on any atom is -0.345 e. The van der Waals surface area contributed by atoms with Crippen molar-refractivity contribution < 1.29 is 4.79 Å². The molecule has 0 spiro atoms. The van der Waals surface area contributed by atoms with Gasteiger partial charge in [0, 0.05) is 4.88 Å². The van der Waals surface area contributed by atoms with E-state index in [1.165, 1.54) is 17.7 Å². The SMILES string of the molecule is O=C(Cc1ccsc1)NC1(c2cccs2)CCCC1. The molecule has 0 aliphatic heterocycles. The topological polar surface area (TPSA) is 29.1 Å². The van der Waals surface area contributed by atoms with Crippen molar-refractivity contribution >= 4 is 28.6 Å². The molecule has 100 valence electrons. The van der Waals surface area contributed by atoms with Crippen LogP contribution in [0.3, 0.4) is 0 Å². The zero-order chi connectivity index (χ0) is 13.1. The van der Waals surface area contributed by atoms with Crippen molar-refractivity contribution in [2.75, 3.05) is 0 Å². The van der Waals surface area contributed by atoms with Gasteiger partial charge in [-0.05, 0) is 46.7 Å². The van der Waals surface area contributed by atoms with Gasteiger partial charge >= 0.3 is 0 Å². The van der Waals surface area contributed by atoms with Crippen LogP contribution in [0, 0.1) is 0 Å². The molecule has 1 saturated carbocycles. The summed E-state index contributed by atoms with van der Waals surface area (Å²) in [7, 11) is 0. The Hall–Kier alpha value is -1.13. The Morgan fingerprint density at radius 1 is 1.26 bits per heavy atom. The summed E-state index contributed by atoms with van der Waals surface area (Å²) in [5, 5.41) is 9.48. The van der Waals surface area contributed by atoms with Gasteiger partial charge in [0.05, 0.1) is 12.0 Å². The van der Waals surface area contributed by atoms with Crippen molar-refractivity contribution in [2.45, 2.75) is 37.6 Å². The Balaban J connectivity index is 1.73. The number of carbonyl (C=O) groups is 1. The van der Waals surface area contributed by atoms with Crippen LogP contribution < -0.4 is 5.32 Å². The minimum atomic E-state index is -0.0960. The van der Waals surface area contributed by atoms with Gasteiger partial charge in [-0.15, -0.1) is 11.3 Å². The Bertz CT molecular complexity index is 525. The minimum absolute atomic E-state index is 0.0960. The highest BCUT2D eigenvalue weighted by atomic mass is 32.1. The van der Waals surface area contributed by atoms with E-state index in [0.717, 1.165) is 18.4 Å². The van der Waals surface area contributed by atoms with Gasteiger partial charge in [0.25, 0.3) is 0 Å². The first-order valence-electron chi connectivity index (χ1n) is 6.65. The zero-order valence-corrected chi connectivity index (χ0v) is 12.4. The van der Waals surface area contributed by atoms with Gasteiger partial charge in [0.15, 0.2) is 0 Å².